The van der Waals surface area contributed by atoms with Crippen molar-refractivity contribution in [1.29, 1.82) is 0 Å². The monoisotopic (exact) mass is 609 g/mol. The number of carbonyl (C=O) groups excluding carboxylic acids is 1. The molecular formula is C27H20BrN3O7S. The maximum absolute atomic E-state index is 13.7. The minimum absolute atomic E-state index is 0.00314. The van der Waals surface area contributed by atoms with E-state index in [-0.39, 0.29) is 33.9 Å². The third-order valence-electron chi connectivity index (χ3n) is 6.03. The van der Waals surface area contributed by atoms with Crippen LogP contribution >= 0.6 is 27.3 Å². The fraction of sp³-hybridized carbons (Fsp3) is 0.148. The Labute approximate surface area is 233 Å². The van der Waals surface area contributed by atoms with Gasteiger partial charge in [-0.1, -0.05) is 39.4 Å². The second kappa shape index (κ2) is 10.5. The number of nitrogens with zero attached hydrogens (tertiary/aromatic N) is 3. The Kier molecular flexibility index (Phi) is 7.06. The van der Waals surface area contributed by atoms with E-state index in [0.717, 1.165) is 15.8 Å². The molecule has 1 aliphatic rings. The number of ether oxygens (including phenoxy) is 1. The summed E-state index contributed by atoms with van der Waals surface area (Å²) in [4.78, 5) is 42.4. The second-order valence-electron chi connectivity index (χ2n) is 8.51. The summed E-state index contributed by atoms with van der Waals surface area (Å²) in [5.74, 6) is -0.0628. The lowest BCUT2D eigenvalue weighted by molar-refractivity contribution is -0.384. The van der Waals surface area contributed by atoms with E-state index in [4.69, 9.17) is 9.15 Å². The smallest absolute Gasteiger partial charge is 0.338 e. The molecule has 0 spiro atoms. The molecule has 39 heavy (non-hydrogen) atoms. The number of benzene rings is 2. The summed E-state index contributed by atoms with van der Waals surface area (Å²) in [5.41, 5.74) is 0.860. The van der Waals surface area contributed by atoms with Crippen LogP contribution in [0.5, 0.6) is 5.75 Å². The van der Waals surface area contributed by atoms with Crippen LogP contribution in [0.1, 0.15) is 31.2 Å². The predicted molar refractivity (Wildman–Crippen MR) is 147 cm³/mol. The van der Waals surface area contributed by atoms with Gasteiger partial charge in [-0.2, -0.15) is 0 Å². The summed E-state index contributed by atoms with van der Waals surface area (Å²) in [7, 11) is 0. The second-order valence-corrected chi connectivity index (χ2v) is 10.4. The van der Waals surface area contributed by atoms with E-state index in [9.17, 15) is 24.8 Å². The molecule has 3 heterocycles. The van der Waals surface area contributed by atoms with E-state index >= 15 is 0 Å². The highest BCUT2D eigenvalue weighted by Gasteiger charge is 2.35. The highest BCUT2D eigenvalue weighted by atomic mass is 79.9. The van der Waals surface area contributed by atoms with E-state index in [0.29, 0.717) is 27.4 Å². The van der Waals surface area contributed by atoms with Crippen LogP contribution in [-0.4, -0.2) is 27.2 Å². The lowest BCUT2D eigenvalue weighted by Gasteiger charge is -2.22. The van der Waals surface area contributed by atoms with Crippen LogP contribution in [0.25, 0.3) is 17.4 Å². The van der Waals surface area contributed by atoms with E-state index in [1.165, 1.54) is 22.8 Å². The fourth-order valence-electron chi connectivity index (χ4n) is 4.27. The average Bonchev–Trinajstić information content (AvgIpc) is 3.51. The number of furan rings is 1. The summed E-state index contributed by atoms with van der Waals surface area (Å²) in [6.07, 6.45) is 1.56. The number of hydrogen-bond donors (Lipinski definition) is 1. The van der Waals surface area contributed by atoms with Crippen molar-refractivity contribution in [2.45, 2.75) is 19.9 Å². The number of nitro benzene ring substituents is 1. The van der Waals surface area contributed by atoms with Crippen LogP contribution < -0.4 is 14.9 Å². The number of aromatic hydroxyl groups is 1. The van der Waals surface area contributed by atoms with Crippen molar-refractivity contribution < 1.29 is 24.0 Å². The van der Waals surface area contributed by atoms with Crippen molar-refractivity contribution in [3.63, 3.8) is 0 Å². The van der Waals surface area contributed by atoms with Gasteiger partial charge < -0.3 is 14.3 Å². The van der Waals surface area contributed by atoms with Crippen molar-refractivity contribution in [3.8, 4) is 17.1 Å². The number of phenols is 1. The van der Waals surface area contributed by atoms with E-state index < -0.39 is 22.5 Å². The Morgan fingerprint density at radius 3 is 2.82 bits per heavy atom. The molecule has 0 amide bonds. The number of hydrogen-bond acceptors (Lipinski definition) is 9. The van der Waals surface area contributed by atoms with Gasteiger partial charge in [0.1, 0.15) is 23.3 Å². The van der Waals surface area contributed by atoms with Gasteiger partial charge in [-0.3, -0.25) is 19.5 Å². The maximum Gasteiger partial charge on any atom is 0.338 e. The van der Waals surface area contributed by atoms with Crippen LogP contribution in [-0.2, 0) is 9.53 Å². The van der Waals surface area contributed by atoms with Crippen molar-refractivity contribution >= 4 is 45.0 Å². The molecule has 12 heteroatoms. The summed E-state index contributed by atoms with van der Waals surface area (Å²) in [6, 6.07) is 13.1. The third kappa shape index (κ3) is 4.95. The van der Waals surface area contributed by atoms with Crippen molar-refractivity contribution in [2.24, 2.45) is 4.99 Å². The molecule has 0 bridgehead atoms. The van der Waals surface area contributed by atoms with Crippen molar-refractivity contribution in [1.82, 2.24) is 4.57 Å². The molecule has 0 radical (unpaired) electrons. The van der Waals surface area contributed by atoms with Gasteiger partial charge in [0.25, 0.3) is 11.2 Å². The maximum atomic E-state index is 13.7. The fourth-order valence-corrected chi connectivity index (χ4v) is 5.69. The first-order chi connectivity index (χ1) is 18.7. The molecule has 1 aliphatic heterocycles. The quantitative estimate of drug-likeness (QED) is 0.194. The van der Waals surface area contributed by atoms with Gasteiger partial charge in [-0.25, -0.2) is 9.79 Å². The first kappa shape index (κ1) is 26.3. The number of aromatic nitrogens is 1. The number of carbonyl (C=O) groups is 1. The topological polar surface area (TPSA) is 137 Å². The first-order valence-electron chi connectivity index (χ1n) is 11.7. The Morgan fingerprint density at radius 2 is 2.08 bits per heavy atom. The molecule has 0 saturated carbocycles. The Hall–Kier alpha value is -4.29. The summed E-state index contributed by atoms with van der Waals surface area (Å²) >= 11 is 4.48. The van der Waals surface area contributed by atoms with Crippen LogP contribution in [0.15, 0.2) is 84.5 Å². The Morgan fingerprint density at radius 1 is 1.28 bits per heavy atom. The van der Waals surface area contributed by atoms with Crippen molar-refractivity contribution in [2.75, 3.05) is 6.61 Å². The van der Waals surface area contributed by atoms with E-state index in [2.05, 4.69) is 20.9 Å². The Balaban J connectivity index is 1.69. The van der Waals surface area contributed by atoms with Crippen LogP contribution in [0.3, 0.4) is 0 Å². The molecule has 0 aliphatic carbocycles. The number of fused-ring (bicyclic) bond motifs is 1. The lowest BCUT2D eigenvalue weighted by Crippen LogP contribution is -2.39. The van der Waals surface area contributed by atoms with Crippen LogP contribution in [0.2, 0.25) is 0 Å². The van der Waals surface area contributed by atoms with Crippen LogP contribution in [0.4, 0.5) is 5.69 Å². The van der Waals surface area contributed by atoms with Gasteiger partial charge in [-0.05, 0) is 50.3 Å². The average molecular weight is 610 g/mol. The van der Waals surface area contributed by atoms with Gasteiger partial charge in [0, 0.05) is 27.7 Å². The summed E-state index contributed by atoms with van der Waals surface area (Å²) < 4.78 is 13.8. The molecule has 5 rings (SSSR count). The molecule has 1 N–H and O–H groups in total. The molecule has 2 aromatic heterocycles. The number of phenolic OH excluding ortho intramolecular Hbond substituents is 1. The number of esters is 1. The summed E-state index contributed by atoms with van der Waals surface area (Å²) in [5, 5.41) is 21.5. The zero-order chi connectivity index (χ0) is 27.8. The molecule has 2 aromatic carbocycles. The zero-order valence-electron chi connectivity index (χ0n) is 20.6. The zero-order valence-corrected chi connectivity index (χ0v) is 23.0. The van der Waals surface area contributed by atoms with Gasteiger partial charge >= 0.3 is 5.97 Å². The highest BCUT2D eigenvalue weighted by molar-refractivity contribution is 9.10. The lowest BCUT2D eigenvalue weighted by atomic mass is 10.0. The van der Waals surface area contributed by atoms with E-state index in [1.54, 1.807) is 56.3 Å². The normalized spacial score (nSPS) is 15.2. The molecule has 4 aromatic rings. The molecule has 0 fully saturated rings. The molecule has 1 atom stereocenters. The molecule has 198 valence electrons. The van der Waals surface area contributed by atoms with Gasteiger partial charge in [-0.15, -0.1) is 0 Å². The minimum atomic E-state index is -0.994. The predicted octanol–water partition coefficient (Wildman–Crippen LogP) is 4.43. The van der Waals surface area contributed by atoms with Crippen molar-refractivity contribution in [3.05, 3.63) is 111 Å². The standard InChI is InChI=1S/C27H20BrN3O7S/c1-3-37-26(34)23-14(2)29-27-30(25(33)22(39-27)13-16-11-17(28)7-8-19(16)32)24(23)21-10-9-20(38-21)15-5-4-6-18(12-15)31(35)36/h4-13,24,32H,3H2,1-2H3/b22-13-/t24-/m1/s1. The van der Waals surface area contributed by atoms with Gasteiger partial charge in [0.05, 0.1) is 27.3 Å². The van der Waals surface area contributed by atoms with Gasteiger partial charge in [0.15, 0.2) is 4.80 Å². The molecule has 10 nitrogen and oxygen atoms in total. The SMILES string of the molecule is CCOC(=O)C1=C(C)N=c2s/c(=C\c3cc(Br)ccc3O)c(=O)n2[C@@H]1c1ccc(-c2cccc([N+](=O)[O-])c2)o1. The number of halogens is 1. The number of rotatable bonds is 6. The largest absolute Gasteiger partial charge is 0.507 e. The third-order valence-corrected chi connectivity index (χ3v) is 7.51. The summed E-state index contributed by atoms with van der Waals surface area (Å²) in [6.45, 7) is 3.45. The van der Waals surface area contributed by atoms with E-state index in [1.807, 2.05) is 0 Å². The number of nitro groups is 1. The molecule has 0 saturated heterocycles. The molecule has 0 unspecified atom stereocenters. The number of allylic oxidation sites excluding steroid dienone is 1. The first-order valence-corrected chi connectivity index (χ1v) is 13.3. The number of thiazole rings is 1. The number of non-ortho nitro benzene ring substituents is 1. The van der Waals surface area contributed by atoms with Crippen LogP contribution in [0, 0.1) is 10.1 Å². The Bertz CT molecular complexity index is 1850. The minimum Gasteiger partial charge on any atom is -0.507 e. The highest BCUT2D eigenvalue weighted by Crippen LogP contribution is 2.35. The van der Waals surface area contributed by atoms with Gasteiger partial charge in [0.2, 0.25) is 0 Å². The molecular weight excluding hydrogens is 590 g/mol.